The summed E-state index contributed by atoms with van der Waals surface area (Å²) in [5.41, 5.74) is 3.81. The molecule has 2 aromatic heterocycles. The normalized spacial score (nSPS) is 11.1. The fraction of sp³-hybridized carbons (Fsp3) is 0.208. The van der Waals surface area contributed by atoms with E-state index in [1.807, 2.05) is 51.2 Å². The summed E-state index contributed by atoms with van der Waals surface area (Å²) < 4.78 is 17.0. The average molecular weight is 417 g/mol. The molecular formula is C24H24FN5O. The van der Waals surface area contributed by atoms with Crippen LogP contribution in [-0.4, -0.2) is 25.2 Å². The van der Waals surface area contributed by atoms with Crippen molar-refractivity contribution in [3.05, 3.63) is 95.6 Å². The highest BCUT2D eigenvalue weighted by atomic mass is 19.1. The van der Waals surface area contributed by atoms with E-state index in [0.29, 0.717) is 16.9 Å². The van der Waals surface area contributed by atoms with Gasteiger partial charge in [0.25, 0.3) is 5.91 Å². The number of benzene rings is 2. The molecule has 0 atom stereocenters. The maximum atomic E-state index is 13.3. The van der Waals surface area contributed by atoms with Gasteiger partial charge in [0.1, 0.15) is 11.6 Å². The SMILES string of the molecule is Cc1nccn1Cc1ccc(NC(=O)c2cnn(-c3ccc(F)cc3)c2C(C)C)cc1. The third-order valence-electron chi connectivity index (χ3n) is 5.16. The summed E-state index contributed by atoms with van der Waals surface area (Å²) in [6.07, 6.45) is 5.28. The zero-order valence-corrected chi connectivity index (χ0v) is 17.7. The van der Waals surface area contributed by atoms with E-state index in [4.69, 9.17) is 0 Å². The van der Waals surface area contributed by atoms with E-state index in [1.165, 1.54) is 12.1 Å². The van der Waals surface area contributed by atoms with Gasteiger partial charge in [-0.2, -0.15) is 5.10 Å². The molecule has 1 N–H and O–H groups in total. The summed E-state index contributed by atoms with van der Waals surface area (Å²) in [5.74, 6) is 0.466. The molecule has 0 aliphatic carbocycles. The summed E-state index contributed by atoms with van der Waals surface area (Å²) in [6, 6.07) is 13.8. The van der Waals surface area contributed by atoms with E-state index in [9.17, 15) is 9.18 Å². The fourth-order valence-electron chi connectivity index (χ4n) is 3.54. The highest BCUT2D eigenvalue weighted by Gasteiger charge is 2.21. The van der Waals surface area contributed by atoms with Crippen LogP contribution >= 0.6 is 0 Å². The number of nitrogens with zero attached hydrogens (tertiary/aromatic N) is 4. The third-order valence-corrected chi connectivity index (χ3v) is 5.16. The Labute approximate surface area is 180 Å². The van der Waals surface area contributed by atoms with Gasteiger partial charge in [0.05, 0.1) is 23.1 Å². The van der Waals surface area contributed by atoms with Gasteiger partial charge in [0.15, 0.2) is 0 Å². The van der Waals surface area contributed by atoms with Crippen LogP contribution in [0.15, 0.2) is 67.1 Å². The molecule has 31 heavy (non-hydrogen) atoms. The zero-order chi connectivity index (χ0) is 22.0. The molecule has 0 aliphatic rings. The Hall–Kier alpha value is -3.74. The first-order valence-corrected chi connectivity index (χ1v) is 10.1. The monoisotopic (exact) mass is 417 g/mol. The van der Waals surface area contributed by atoms with Crippen molar-refractivity contribution in [1.82, 2.24) is 19.3 Å². The minimum absolute atomic E-state index is 0.0501. The maximum absolute atomic E-state index is 13.3. The third kappa shape index (κ3) is 4.40. The zero-order valence-electron chi connectivity index (χ0n) is 17.7. The molecule has 0 fully saturated rings. The van der Waals surface area contributed by atoms with Crippen molar-refractivity contribution in [1.29, 1.82) is 0 Å². The van der Waals surface area contributed by atoms with Crippen LogP contribution in [0.2, 0.25) is 0 Å². The lowest BCUT2D eigenvalue weighted by molar-refractivity contribution is 0.102. The molecule has 0 saturated carbocycles. The Morgan fingerprint density at radius 1 is 1.10 bits per heavy atom. The van der Waals surface area contributed by atoms with Crippen molar-refractivity contribution < 1.29 is 9.18 Å². The lowest BCUT2D eigenvalue weighted by Gasteiger charge is -2.13. The molecule has 2 aromatic carbocycles. The number of carbonyl (C=O) groups is 1. The molecule has 7 heteroatoms. The van der Waals surface area contributed by atoms with Crippen LogP contribution in [0.4, 0.5) is 10.1 Å². The number of hydrogen-bond acceptors (Lipinski definition) is 3. The largest absolute Gasteiger partial charge is 0.331 e. The van der Waals surface area contributed by atoms with E-state index >= 15 is 0 Å². The summed E-state index contributed by atoms with van der Waals surface area (Å²) in [6.45, 7) is 6.69. The molecule has 1 amide bonds. The topological polar surface area (TPSA) is 64.7 Å². The molecule has 0 spiro atoms. The number of nitrogens with one attached hydrogen (secondary N) is 1. The van der Waals surface area contributed by atoms with Crippen molar-refractivity contribution in [2.75, 3.05) is 5.32 Å². The summed E-state index contributed by atoms with van der Waals surface area (Å²) in [5, 5.41) is 7.34. The van der Waals surface area contributed by atoms with Crippen molar-refractivity contribution in [3.63, 3.8) is 0 Å². The summed E-state index contributed by atoms with van der Waals surface area (Å²) in [7, 11) is 0. The minimum Gasteiger partial charge on any atom is -0.331 e. The number of carbonyl (C=O) groups excluding carboxylic acids is 1. The smallest absolute Gasteiger partial charge is 0.259 e. The van der Waals surface area contributed by atoms with Crippen LogP contribution in [0.1, 0.15) is 47.2 Å². The van der Waals surface area contributed by atoms with E-state index in [1.54, 1.807) is 29.2 Å². The second kappa shape index (κ2) is 8.55. The molecule has 4 rings (SSSR count). The quantitative estimate of drug-likeness (QED) is 0.483. The number of hydrogen-bond donors (Lipinski definition) is 1. The van der Waals surface area contributed by atoms with Crippen LogP contribution in [0.25, 0.3) is 5.69 Å². The van der Waals surface area contributed by atoms with Gasteiger partial charge in [-0.15, -0.1) is 0 Å². The van der Waals surface area contributed by atoms with Crippen molar-refractivity contribution in [2.24, 2.45) is 0 Å². The molecule has 4 aromatic rings. The number of amides is 1. The highest BCUT2D eigenvalue weighted by Crippen LogP contribution is 2.24. The molecule has 0 unspecified atom stereocenters. The maximum Gasteiger partial charge on any atom is 0.259 e. The summed E-state index contributed by atoms with van der Waals surface area (Å²) in [4.78, 5) is 17.2. The number of imidazole rings is 1. The number of anilines is 1. The molecule has 0 radical (unpaired) electrons. The minimum atomic E-state index is -0.313. The molecule has 0 bridgehead atoms. The van der Waals surface area contributed by atoms with Crippen LogP contribution in [-0.2, 0) is 6.54 Å². The molecule has 158 valence electrons. The van der Waals surface area contributed by atoms with Gasteiger partial charge in [-0.1, -0.05) is 26.0 Å². The number of aryl methyl sites for hydroxylation is 1. The lowest BCUT2D eigenvalue weighted by atomic mass is 10.0. The predicted molar refractivity (Wildman–Crippen MR) is 118 cm³/mol. The van der Waals surface area contributed by atoms with E-state index in [2.05, 4.69) is 20.0 Å². The molecule has 6 nitrogen and oxygen atoms in total. The van der Waals surface area contributed by atoms with Crippen LogP contribution in [0, 0.1) is 12.7 Å². The number of aromatic nitrogens is 4. The molecule has 0 aliphatic heterocycles. The van der Waals surface area contributed by atoms with Gasteiger partial charge in [0.2, 0.25) is 0 Å². The second-order valence-electron chi connectivity index (χ2n) is 7.74. The standard InChI is InChI=1S/C24H24FN5O/c1-16(2)23-22(14-27-30(23)21-10-6-19(25)7-11-21)24(31)28-20-8-4-18(5-9-20)15-29-13-12-26-17(29)3/h4-14,16H,15H2,1-3H3,(H,28,31). The Bertz CT molecular complexity index is 1190. The van der Waals surface area contributed by atoms with Gasteiger partial charge >= 0.3 is 0 Å². The van der Waals surface area contributed by atoms with Gasteiger partial charge in [-0.3, -0.25) is 4.79 Å². The van der Waals surface area contributed by atoms with Gasteiger partial charge in [0, 0.05) is 24.6 Å². The highest BCUT2D eigenvalue weighted by molar-refractivity contribution is 6.05. The molecule has 0 saturated heterocycles. The van der Waals surface area contributed by atoms with Crippen LogP contribution < -0.4 is 5.32 Å². The first-order valence-electron chi connectivity index (χ1n) is 10.1. The van der Waals surface area contributed by atoms with Gasteiger partial charge < -0.3 is 9.88 Å². The van der Waals surface area contributed by atoms with Crippen LogP contribution in [0.3, 0.4) is 0 Å². The van der Waals surface area contributed by atoms with Crippen molar-refractivity contribution in [3.8, 4) is 5.69 Å². The van der Waals surface area contributed by atoms with E-state index < -0.39 is 0 Å². The molecular weight excluding hydrogens is 393 g/mol. The van der Waals surface area contributed by atoms with Gasteiger partial charge in [-0.05, 0) is 54.8 Å². The Morgan fingerprint density at radius 3 is 2.42 bits per heavy atom. The Morgan fingerprint density at radius 2 is 1.81 bits per heavy atom. The van der Waals surface area contributed by atoms with Crippen molar-refractivity contribution in [2.45, 2.75) is 33.2 Å². The van der Waals surface area contributed by atoms with Crippen molar-refractivity contribution >= 4 is 11.6 Å². The first kappa shape index (κ1) is 20.5. The summed E-state index contributed by atoms with van der Waals surface area (Å²) >= 11 is 0. The molecule has 2 heterocycles. The lowest BCUT2D eigenvalue weighted by Crippen LogP contribution is -2.15. The van der Waals surface area contributed by atoms with Crippen LogP contribution in [0.5, 0.6) is 0 Å². The van der Waals surface area contributed by atoms with E-state index in [0.717, 1.165) is 23.6 Å². The second-order valence-corrected chi connectivity index (χ2v) is 7.74. The first-order chi connectivity index (χ1) is 14.9. The van der Waals surface area contributed by atoms with Gasteiger partial charge in [-0.25, -0.2) is 14.1 Å². The Balaban J connectivity index is 1.53. The average Bonchev–Trinajstić information content (AvgIpc) is 3.37. The Kier molecular flexibility index (Phi) is 5.66. The number of rotatable bonds is 6. The predicted octanol–water partition coefficient (Wildman–Crippen LogP) is 4.94. The van der Waals surface area contributed by atoms with E-state index in [-0.39, 0.29) is 17.6 Å². The number of halogens is 1. The fourth-order valence-corrected chi connectivity index (χ4v) is 3.54.